The summed E-state index contributed by atoms with van der Waals surface area (Å²) in [6.45, 7) is 0. The van der Waals surface area contributed by atoms with E-state index in [1.54, 1.807) is 0 Å². The van der Waals surface area contributed by atoms with Gasteiger partial charge in [-0.15, -0.1) is 0 Å². The average Bonchev–Trinajstić information content (AvgIpc) is 1.81. The van der Waals surface area contributed by atoms with Crippen molar-refractivity contribution in [3.8, 4) is 0 Å². The highest BCUT2D eigenvalue weighted by molar-refractivity contribution is 5.87. The topological polar surface area (TPSA) is 55.1 Å². The molecule has 3 N–H and O–H groups in total. The van der Waals surface area contributed by atoms with Crippen molar-refractivity contribution in [2.24, 2.45) is 5.73 Å². The van der Waals surface area contributed by atoms with Gasteiger partial charge in [-0.05, 0) is 12.1 Å². The lowest BCUT2D eigenvalue weighted by Crippen LogP contribution is -2.19. The number of hydrogen-bond acceptors (Lipinski definition) is 1. The van der Waals surface area contributed by atoms with Crippen molar-refractivity contribution in [3.63, 3.8) is 0 Å². The van der Waals surface area contributed by atoms with E-state index < -0.39 is 17.7 Å². The van der Waals surface area contributed by atoms with Gasteiger partial charge in [0.1, 0.15) is 11.6 Å². The predicted octanol–water partition coefficient (Wildman–Crippen LogP) is 1.95. The lowest BCUT2D eigenvalue weighted by Gasteiger charge is -2.00. The quantitative estimate of drug-likeness (QED) is 0.675. The molecule has 0 atom stereocenters. The first-order valence-corrected chi connectivity index (χ1v) is 3.10. The fourth-order valence-electron chi connectivity index (χ4n) is 0.768. The van der Waals surface area contributed by atoms with Crippen molar-refractivity contribution in [1.82, 2.24) is 0 Å². The van der Waals surface area contributed by atoms with Gasteiger partial charge in [-0.3, -0.25) is 0 Å². The van der Waals surface area contributed by atoms with Crippen molar-refractivity contribution in [3.05, 3.63) is 29.8 Å². The van der Waals surface area contributed by atoms with Gasteiger partial charge in [0.05, 0.1) is 0 Å². The lowest BCUT2D eigenvalue weighted by atomic mass is 10.3. The first kappa shape index (κ1) is 8.45. The van der Waals surface area contributed by atoms with E-state index in [1.807, 2.05) is 5.32 Å². The summed E-state index contributed by atoms with van der Waals surface area (Å²) in [4.78, 5) is 10.3. The number of nitrogens with one attached hydrogen (secondary N) is 1. The molecule has 0 saturated heterocycles. The normalized spacial score (nSPS) is 9.50. The molecule has 0 saturated carbocycles. The number of carbonyl (C=O) groups excluding carboxylic acids is 1. The van der Waals surface area contributed by atoms with Crippen LogP contribution in [0.15, 0.2) is 18.2 Å². The molecule has 1 aromatic carbocycles. The highest BCUT2D eigenvalue weighted by Gasteiger charge is 2.01. The Labute approximate surface area is 70.1 Å². The van der Waals surface area contributed by atoms with Crippen LogP contribution in [0.4, 0.5) is 19.3 Å². The van der Waals surface area contributed by atoms with Crippen LogP contribution in [0.1, 0.15) is 2.85 Å². The minimum Gasteiger partial charge on any atom is -0.351 e. The van der Waals surface area contributed by atoms with E-state index >= 15 is 0 Å². The summed E-state index contributed by atoms with van der Waals surface area (Å²) in [6, 6.07) is 1.77. The third-order valence-corrected chi connectivity index (χ3v) is 1.13. The Morgan fingerprint density at radius 3 is 2.25 bits per heavy atom. The summed E-state index contributed by atoms with van der Waals surface area (Å²) in [6.07, 6.45) is 0. The van der Waals surface area contributed by atoms with Crippen LogP contribution in [0.3, 0.4) is 0 Å². The molecule has 2 amide bonds. The zero-order valence-corrected chi connectivity index (χ0v) is 5.97. The monoisotopic (exact) mass is 176 g/mol. The highest BCUT2D eigenvalue weighted by atomic mass is 19.1. The molecular weight excluding hydrogens is 166 g/mol. The number of rotatable bonds is 1. The number of halogens is 2. The van der Waals surface area contributed by atoms with Crippen molar-refractivity contribution in [2.45, 2.75) is 0 Å². The molecule has 1 rings (SSSR count). The maximum absolute atomic E-state index is 12.4. The van der Waals surface area contributed by atoms with Crippen LogP contribution in [0.25, 0.3) is 0 Å². The largest absolute Gasteiger partial charge is 0.351 e. The van der Waals surface area contributed by atoms with E-state index in [0.717, 1.165) is 12.1 Å². The molecule has 0 heterocycles. The Morgan fingerprint density at radius 2 is 1.83 bits per heavy atom. The van der Waals surface area contributed by atoms with Crippen molar-refractivity contribution < 1.29 is 16.4 Å². The number of urea groups is 1. The summed E-state index contributed by atoms with van der Waals surface area (Å²) >= 11 is 0. The van der Waals surface area contributed by atoms with Gasteiger partial charge >= 0.3 is 6.03 Å². The van der Waals surface area contributed by atoms with Crippen molar-refractivity contribution in [1.29, 1.82) is 0 Å². The molecule has 0 aliphatic rings. The fourth-order valence-corrected chi connectivity index (χ4v) is 0.768. The van der Waals surface area contributed by atoms with E-state index in [0.29, 0.717) is 6.07 Å². The Bertz CT molecular complexity index is 302. The van der Waals surface area contributed by atoms with E-state index in [2.05, 4.69) is 0 Å². The Balaban J connectivity index is 0. The molecule has 3 nitrogen and oxygen atoms in total. The van der Waals surface area contributed by atoms with Crippen LogP contribution >= 0.6 is 0 Å². The summed E-state index contributed by atoms with van der Waals surface area (Å²) in [7, 11) is 0. The SMILES string of the molecule is NC(=O)Nc1cc(F)cc(F)c1.[HH].[HH]. The summed E-state index contributed by atoms with van der Waals surface area (Å²) in [5.41, 5.74) is 4.73. The number of hydrogen-bond donors (Lipinski definition) is 2. The summed E-state index contributed by atoms with van der Waals surface area (Å²) in [5.74, 6) is -1.53. The van der Waals surface area contributed by atoms with Gasteiger partial charge in [-0.1, -0.05) is 0 Å². The van der Waals surface area contributed by atoms with E-state index in [-0.39, 0.29) is 8.54 Å². The molecule has 0 unspecified atom stereocenters. The molecule has 0 bridgehead atoms. The van der Waals surface area contributed by atoms with Crippen LogP contribution < -0.4 is 11.1 Å². The Morgan fingerprint density at radius 1 is 1.33 bits per heavy atom. The lowest BCUT2D eigenvalue weighted by molar-refractivity contribution is 0.259. The molecule has 0 fully saturated rings. The maximum atomic E-state index is 12.4. The number of benzene rings is 1. The van der Waals surface area contributed by atoms with Gasteiger partial charge in [0.2, 0.25) is 0 Å². The second kappa shape index (κ2) is 3.17. The van der Waals surface area contributed by atoms with Crippen LogP contribution in [0.5, 0.6) is 0 Å². The smallest absolute Gasteiger partial charge is 0.316 e. The molecular formula is C7H10F2N2O. The van der Waals surface area contributed by atoms with Crippen LogP contribution in [-0.4, -0.2) is 6.03 Å². The second-order valence-corrected chi connectivity index (χ2v) is 2.15. The molecule has 1 aromatic rings. The van der Waals surface area contributed by atoms with Gasteiger partial charge in [0.25, 0.3) is 0 Å². The first-order valence-electron chi connectivity index (χ1n) is 3.10. The fraction of sp³-hybridized carbons (Fsp3) is 0. The highest BCUT2D eigenvalue weighted by Crippen LogP contribution is 2.11. The molecule has 0 aromatic heterocycles. The number of primary amides is 1. The number of amides is 2. The number of nitrogens with two attached hydrogens (primary N) is 1. The minimum atomic E-state index is -0.861. The minimum absolute atomic E-state index is 0. The maximum Gasteiger partial charge on any atom is 0.316 e. The Kier molecular flexibility index (Phi) is 2.23. The average molecular weight is 176 g/mol. The third-order valence-electron chi connectivity index (χ3n) is 1.13. The molecule has 0 spiro atoms. The molecule has 0 aliphatic carbocycles. The number of anilines is 1. The van der Waals surface area contributed by atoms with E-state index in [1.165, 1.54) is 0 Å². The summed E-state index contributed by atoms with van der Waals surface area (Å²) in [5, 5.41) is 2.05. The van der Waals surface area contributed by atoms with Gasteiger partial charge in [-0.25, -0.2) is 13.6 Å². The van der Waals surface area contributed by atoms with Gasteiger partial charge in [0, 0.05) is 14.6 Å². The molecule has 5 heteroatoms. The second-order valence-electron chi connectivity index (χ2n) is 2.15. The van der Waals surface area contributed by atoms with Crippen molar-refractivity contribution >= 4 is 11.7 Å². The standard InChI is InChI=1S/C7H6F2N2O.2H2/c8-4-1-5(9)3-6(2-4)11-7(10)12;;/h1-3H,(H3,10,11,12);2*1H. The molecule has 0 radical (unpaired) electrons. The van der Waals surface area contributed by atoms with E-state index in [4.69, 9.17) is 5.73 Å². The van der Waals surface area contributed by atoms with Crippen LogP contribution in [0, 0.1) is 11.6 Å². The summed E-state index contributed by atoms with van der Waals surface area (Å²) < 4.78 is 24.9. The van der Waals surface area contributed by atoms with Gasteiger partial charge in [0.15, 0.2) is 0 Å². The van der Waals surface area contributed by atoms with Crippen LogP contribution in [-0.2, 0) is 0 Å². The Hall–Kier alpha value is -1.65. The first-order chi connectivity index (χ1) is 5.58. The number of carbonyl (C=O) groups is 1. The predicted molar refractivity (Wildman–Crippen MR) is 43.8 cm³/mol. The van der Waals surface area contributed by atoms with Crippen molar-refractivity contribution in [2.75, 3.05) is 5.32 Å². The zero-order chi connectivity index (χ0) is 9.14. The molecule has 0 aliphatic heterocycles. The van der Waals surface area contributed by atoms with Gasteiger partial charge in [-0.2, -0.15) is 0 Å². The zero-order valence-electron chi connectivity index (χ0n) is 5.97. The van der Waals surface area contributed by atoms with Crippen LogP contribution in [0.2, 0.25) is 0 Å². The van der Waals surface area contributed by atoms with E-state index in [9.17, 15) is 13.6 Å². The third kappa shape index (κ3) is 2.19. The molecule has 12 heavy (non-hydrogen) atoms. The van der Waals surface area contributed by atoms with Gasteiger partial charge < -0.3 is 11.1 Å². The molecule has 68 valence electrons.